The first-order valence-corrected chi connectivity index (χ1v) is 12.4. The molecule has 5 rings (SSSR count). The van der Waals surface area contributed by atoms with Gasteiger partial charge in [0.1, 0.15) is 0 Å². The summed E-state index contributed by atoms with van der Waals surface area (Å²) >= 11 is 0. The van der Waals surface area contributed by atoms with Gasteiger partial charge in [-0.3, -0.25) is 0 Å². The standard InChI is InChI=1S/C34H30N2/c1-3-27-15-19-31(20-16-27)35(29-11-7-5-8-12-29)33-23-25-34(26-24-33)36(30-13-9-6-10-14-30)32-21-17-28(4-2)18-22-32/h3,5-26H,1,4H2,2H3. The number of para-hydroxylation sites is 2. The molecule has 0 fully saturated rings. The molecule has 0 amide bonds. The van der Waals surface area contributed by atoms with Crippen LogP contribution in [0.2, 0.25) is 0 Å². The lowest BCUT2D eigenvalue weighted by Crippen LogP contribution is -2.12. The van der Waals surface area contributed by atoms with Crippen molar-refractivity contribution in [3.05, 3.63) is 151 Å². The maximum absolute atomic E-state index is 3.89. The van der Waals surface area contributed by atoms with Crippen molar-refractivity contribution in [2.24, 2.45) is 0 Å². The molecule has 0 aliphatic heterocycles. The van der Waals surface area contributed by atoms with E-state index in [1.165, 1.54) is 5.56 Å². The second-order valence-corrected chi connectivity index (χ2v) is 8.67. The zero-order valence-electron chi connectivity index (χ0n) is 20.6. The number of nitrogens with zero attached hydrogens (tertiary/aromatic N) is 2. The number of benzene rings is 5. The van der Waals surface area contributed by atoms with Gasteiger partial charge < -0.3 is 9.80 Å². The van der Waals surface area contributed by atoms with E-state index in [0.717, 1.165) is 46.1 Å². The average molecular weight is 467 g/mol. The van der Waals surface area contributed by atoms with E-state index in [0.29, 0.717) is 0 Å². The topological polar surface area (TPSA) is 6.48 Å². The Morgan fingerprint density at radius 1 is 0.472 bits per heavy atom. The normalized spacial score (nSPS) is 10.6. The van der Waals surface area contributed by atoms with Gasteiger partial charge in [-0.05, 0) is 90.3 Å². The third-order valence-electron chi connectivity index (χ3n) is 6.38. The maximum Gasteiger partial charge on any atom is 0.0463 e. The van der Waals surface area contributed by atoms with Crippen LogP contribution < -0.4 is 9.80 Å². The van der Waals surface area contributed by atoms with Gasteiger partial charge >= 0.3 is 0 Å². The first-order valence-electron chi connectivity index (χ1n) is 12.4. The molecular formula is C34H30N2. The van der Waals surface area contributed by atoms with E-state index < -0.39 is 0 Å². The zero-order valence-corrected chi connectivity index (χ0v) is 20.6. The fraction of sp³-hybridized carbons (Fsp3) is 0.0588. The van der Waals surface area contributed by atoms with E-state index in [9.17, 15) is 0 Å². The smallest absolute Gasteiger partial charge is 0.0463 e. The molecule has 0 radical (unpaired) electrons. The summed E-state index contributed by atoms with van der Waals surface area (Å²) in [6.45, 7) is 6.08. The molecule has 5 aromatic rings. The van der Waals surface area contributed by atoms with Crippen molar-refractivity contribution in [1.29, 1.82) is 0 Å². The summed E-state index contributed by atoms with van der Waals surface area (Å²) in [5, 5.41) is 0. The minimum atomic E-state index is 1.03. The van der Waals surface area contributed by atoms with Crippen LogP contribution in [0.25, 0.3) is 6.08 Å². The molecule has 0 heterocycles. The maximum atomic E-state index is 3.89. The van der Waals surface area contributed by atoms with E-state index in [2.05, 4.69) is 151 Å². The Hall–Kier alpha value is -4.56. The predicted molar refractivity (Wildman–Crippen MR) is 155 cm³/mol. The third-order valence-corrected chi connectivity index (χ3v) is 6.38. The summed E-state index contributed by atoms with van der Waals surface area (Å²) in [5.41, 5.74) is 9.16. The summed E-state index contributed by atoms with van der Waals surface area (Å²) < 4.78 is 0. The van der Waals surface area contributed by atoms with Gasteiger partial charge in [0, 0.05) is 34.1 Å². The lowest BCUT2D eigenvalue weighted by molar-refractivity contribution is 1.14. The molecule has 2 nitrogen and oxygen atoms in total. The lowest BCUT2D eigenvalue weighted by atomic mass is 10.1. The van der Waals surface area contributed by atoms with E-state index in [-0.39, 0.29) is 0 Å². The van der Waals surface area contributed by atoms with E-state index >= 15 is 0 Å². The van der Waals surface area contributed by atoms with Crippen LogP contribution >= 0.6 is 0 Å². The third kappa shape index (κ3) is 4.94. The first kappa shape index (κ1) is 23.2. The largest absolute Gasteiger partial charge is 0.311 e. The van der Waals surface area contributed by atoms with Crippen LogP contribution in [-0.2, 0) is 6.42 Å². The quantitative estimate of drug-likeness (QED) is 0.224. The van der Waals surface area contributed by atoms with Gasteiger partial charge in [-0.1, -0.05) is 80.2 Å². The van der Waals surface area contributed by atoms with Crippen LogP contribution in [0.4, 0.5) is 34.1 Å². The molecule has 0 aromatic heterocycles. The summed E-state index contributed by atoms with van der Waals surface area (Å²) in [4.78, 5) is 4.58. The molecule has 0 atom stereocenters. The van der Waals surface area contributed by atoms with E-state index in [4.69, 9.17) is 0 Å². The summed E-state index contributed by atoms with van der Waals surface area (Å²) in [6, 6.07) is 47.1. The minimum absolute atomic E-state index is 1.03. The van der Waals surface area contributed by atoms with Crippen molar-refractivity contribution in [3.63, 3.8) is 0 Å². The molecule has 36 heavy (non-hydrogen) atoms. The Morgan fingerprint density at radius 3 is 1.17 bits per heavy atom. The highest BCUT2D eigenvalue weighted by atomic mass is 15.2. The Labute approximate surface area is 214 Å². The van der Waals surface area contributed by atoms with Crippen LogP contribution in [0, 0.1) is 0 Å². The molecule has 0 aliphatic rings. The van der Waals surface area contributed by atoms with Gasteiger partial charge in [0.25, 0.3) is 0 Å². The predicted octanol–water partition coefficient (Wildman–Crippen LogP) is 9.83. The Balaban J connectivity index is 1.56. The minimum Gasteiger partial charge on any atom is -0.311 e. The molecule has 0 saturated heterocycles. The van der Waals surface area contributed by atoms with Crippen LogP contribution in [-0.4, -0.2) is 0 Å². The molecule has 0 spiro atoms. The van der Waals surface area contributed by atoms with Crippen molar-refractivity contribution in [2.75, 3.05) is 9.80 Å². The van der Waals surface area contributed by atoms with Crippen molar-refractivity contribution >= 4 is 40.2 Å². The molecule has 176 valence electrons. The van der Waals surface area contributed by atoms with Gasteiger partial charge in [-0.25, -0.2) is 0 Å². The number of anilines is 6. The van der Waals surface area contributed by atoms with E-state index in [1.54, 1.807) is 0 Å². The molecule has 0 saturated carbocycles. The van der Waals surface area contributed by atoms with Crippen LogP contribution in [0.1, 0.15) is 18.1 Å². The van der Waals surface area contributed by atoms with Gasteiger partial charge in [-0.15, -0.1) is 0 Å². The fourth-order valence-corrected chi connectivity index (χ4v) is 4.44. The molecule has 0 aliphatic carbocycles. The molecule has 0 bridgehead atoms. The second kappa shape index (κ2) is 10.8. The Bertz CT molecular complexity index is 1390. The highest BCUT2D eigenvalue weighted by Crippen LogP contribution is 2.38. The van der Waals surface area contributed by atoms with E-state index in [1.807, 2.05) is 12.1 Å². The van der Waals surface area contributed by atoms with Gasteiger partial charge in [0.2, 0.25) is 0 Å². The molecular weight excluding hydrogens is 436 g/mol. The van der Waals surface area contributed by atoms with Crippen LogP contribution in [0.15, 0.2) is 140 Å². The number of rotatable bonds is 8. The second-order valence-electron chi connectivity index (χ2n) is 8.67. The van der Waals surface area contributed by atoms with Crippen molar-refractivity contribution in [3.8, 4) is 0 Å². The summed E-state index contributed by atoms with van der Waals surface area (Å²) in [5.74, 6) is 0. The monoisotopic (exact) mass is 466 g/mol. The van der Waals surface area contributed by atoms with Gasteiger partial charge in [-0.2, -0.15) is 0 Å². The van der Waals surface area contributed by atoms with Crippen molar-refractivity contribution in [1.82, 2.24) is 0 Å². The number of hydrogen-bond donors (Lipinski definition) is 0. The highest BCUT2D eigenvalue weighted by molar-refractivity contribution is 5.81. The zero-order chi connectivity index (χ0) is 24.7. The van der Waals surface area contributed by atoms with Crippen LogP contribution in [0.5, 0.6) is 0 Å². The fourth-order valence-electron chi connectivity index (χ4n) is 4.44. The lowest BCUT2D eigenvalue weighted by Gasteiger charge is -2.28. The molecule has 0 unspecified atom stereocenters. The summed E-state index contributed by atoms with van der Waals surface area (Å²) in [6.07, 6.45) is 2.90. The van der Waals surface area contributed by atoms with Crippen molar-refractivity contribution in [2.45, 2.75) is 13.3 Å². The molecule has 2 heteroatoms. The molecule has 5 aromatic carbocycles. The first-order chi connectivity index (χ1) is 17.8. The number of hydrogen-bond acceptors (Lipinski definition) is 2. The average Bonchev–Trinajstić information content (AvgIpc) is 2.96. The Kier molecular flexibility index (Phi) is 6.95. The van der Waals surface area contributed by atoms with Crippen LogP contribution in [0.3, 0.4) is 0 Å². The summed E-state index contributed by atoms with van der Waals surface area (Å²) in [7, 11) is 0. The van der Waals surface area contributed by atoms with Crippen molar-refractivity contribution < 1.29 is 0 Å². The van der Waals surface area contributed by atoms with Gasteiger partial charge in [0.05, 0.1) is 0 Å². The Morgan fingerprint density at radius 2 is 0.806 bits per heavy atom. The highest BCUT2D eigenvalue weighted by Gasteiger charge is 2.15. The molecule has 0 N–H and O–H groups in total. The number of aryl methyl sites for hydroxylation is 1. The van der Waals surface area contributed by atoms with Gasteiger partial charge in [0.15, 0.2) is 0 Å². The SMILES string of the molecule is C=Cc1ccc(N(c2ccccc2)c2ccc(N(c3ccccc3)c3ccc(CC)cc3)cc2)cc1.